The van der Waals surface area contributed by atoms with Crippen molar-refractivity contribution in [3.63, 3.8) is 0 Å². The fraction of sp³-hybridized carbons (Fsp3) is 0.238. The highest BCUT2D eigenvalue weighted by molar-refractivity contribution is 5.89. The van der Waals surface area contributed by atoms with Crippen molar-refractivity contribution in [1.82, 2.24) is 4.57 Å². The molecular formula is C21H21NO4. The highest BCUT2D eigenvalue weighted by atomic mass is 16.5. The molecule has 0 aliphatic rings. The minimum Gasteiger partial charge on any atom is -0.491 e. The van der Waals surface area contributed by atoms with Gasteiger partial charge in [0, 0.05) is 11.6 Å². The van der Waals surface area contributed by atoms with Gasteiger partial charge in [0.05, 0.1) is 25.3 Å². The summed E-state index contributed by atoms with van der Waals surface area (Å²) in [4.78, 5) is 24.4. The van der Waals surface area contributed by atoms with Gasteiger partial charge in [-0.25, -0.2) is 4.79 Å². The molecule has 0 fully saturated rings. The first-order valence-electron chi connectivity index (χ1n) is 8.45. The van der Waals surface area contributed by atoms with Crippen LogP contribution in [0.1, 0.15) is 29.8 Å². The molecule has 5 heteroatoms. The third-order valence-electron chi connectivity index (χ3n) is 4.02. The molecule has 1 aromatic heterocycles. The molecule has 0 radical (unpaired) electrons. The van der Waals surface area contributed by atoms with Gasteiger partial charge in [0.1, 0.15) is 5.75 Å². The lowest BCUT2D eigenvalue weighted by atomic mass is 10.1. The number of ether oxygens (including phenoxy) is 2. The van der Waals surface area contributed by atoms with E-state index in [0.717, 1.165) is 16.7 Å². The Morgan fingerprint density at radius 2 is 1.92 bits per heavy atom. The highest BCUT2D eigenvalue weighted by Gasteiger charge is 2.08. The Labute approximate surface area is 151 Å². The molecule has 0 saturated heterocycles. The van der Waals surface area contributed by atoms with Gasteiger partial charge in [0.25, 0.3) is 5.56 Å². The molecule has 0 N–H and O–H groups in total. The van der Waals surface area contributed by atoms with Gasteiger partial charge in [-0.05, 0) is 61.2 Å². The van der Waals surface area contributed by atoms with E-state index in [4.69, 9.17) is 9.47 Å². The highest BCUT2D eigenvalue weighted by Crippen LogP contribution is 2.19. The largest absolute Gasteiger partial charge is 0.491 e. The first-order valence-corrected chi connectivity index (χ1v) is 8.45. The first kappa shape index (κ1) is 17.7. The number of pyridine rings is 1. The zero-order valence-electron chi connectivity index (χ0n) is 15.1. The van der Waals surface area contributed by atoms with Gasteiger partial charge in [-0.1, -0.05) is 12.1 Å². The summed E-state index contributed by atoms with van der Waals surface area (Å²) < 4.78 is 12.1. The van der Waals surface area contributed by atoms with Crippen LogP contribution >= 0.6 is 0 Å². The molecule has 3 aromatic rings. The molecule has 5 nitrogen and oxygen atoms in total. The number of benzene rings is 2. The lowest BCUT2D eigenvalue weighted by molar-refractivity contribution is 0.0600. The quantitative estimate of drug-likeness (QED) is 0.659. The lowest BCUT2D eigenvalue weighted by Gasteiger charge is -2.12. The number of nitrogens with zero attached hydrogens (tertiary/aromatic N) is 1. The average Bonchev–Trinajstić information content (AvgIpc) is 2.63. The predicted molar refractivity (Wildman–Crippen MR) is 101 cm³/mol. The number of fused-ring (bicyclic) bond motifs is 1. The van der Waals surface area contributed by atoms with Crippen LogP contribution in [0.15, 0.2) is 59.5 Å². The topological polar surface area (TPSA) is 57.5 Å². The Kier molecular flexibility index (Phi) is 5.07. The summed E-state index contributed by atoms with van der Waals surface area (Å²) in [6.45, 7) is 4.30. The fourth-order valence-corrected chi connectivity index (χ4v) is 2.85. The van der Waals surface area contributed by atoms with Crippen LogP contribution in [0.3, 0.4) is 0 Å². The maximum Gasteiger partial charge on any atom is 0.337 e. The average molecular weight is 351 g/mol. The van der Waals surface area contributed by atoms with Gasteiger partial charge in [-0.15, -0.1) is 0 Å². The van der Waals surface area contributed by atoms with Crippen LogP contribution in [0.2, 0.25) is 0 Å². The van der Waals surface area contributed by atoms with Crippen LogP contribution in [-0.2, 0) is 11.3 Å². The predicted octanol–water partition coefficient (Wildman–Crippen LogP) is 3.62. The molecule has 0 spiro atoms. The Hall–Kier alpha value is -3.08. The van der Waals surface area contributed by atoms with E-state index < -0.39 is 5.97 Å². The summed E-state index contributed by atoms with van der Waals surface area (Å²) in [6.07, 6.45) is 1.84. The van der Waals surface area contributed by atoms with Gasteiger partial charge in [-0.2, -0.15) is 0 Å². The molecule has 0 aliphatic carbocycles. The number of aromatic nitrogens is 1. The van der Waals surface area contributed by atoms with Crippen LogP contribution in [0.5, 0.6) is 5.75 Å². The molecule has 0 atom stereocenters. The third kappa shape index (κ3) is 3.77. The summed E-state index contributed by atoms with van der Waals surface area (Å²) in [7, 11) is 1.35. The van der Waals surface area contributed by atoms with Crippen molar-refractivity contribution in [2.75, 3.05) is 7.11 Å². The van der Waals surface area contributed by atoms with Crippen molar-refractivity contribution in [2.24, 2.45) is 0 Å². The van der Waals surface area contributed by atoms with Crippen LogP contribution in [0, 0.1) is 0 Å². The van der Waals surface area contributed by atoms with E-state index in [-0.39, 0.29) is 11.7 Å². The van der Waals surface area contributed by atoms with E-state index in [9.17, 15) is 9.59 Å². The maximum atomic E-state index is 12.8. The second-order valence-electron chi connectivity index (χ2n) is 6.36. The maximum absolute atomic E-state index is 12.8. The van der Waals surface area contributed by atoms with Crippen LogP contribution in [0.25, 0.3) is 10.8 Å². The molecule has 2 aromatic carbocycles. The molecule has 134 valence electrons. The van der Waals surface area contributed by atoms with Gasteiger partial charge in [0.15, 0.2) is 0 Å². The number of esters is 1. The third-order valence-corrected chi connectivity index (χ3v) is 4.02. The Morgan fingerprint density at radius 1 is 1.12 bits per heavy atom. The second kappa shape index (κ2) is 7.44. The van der Waals surface area contributed by atoms with Crippen molar-refractivity contribution < 1.29 is 14.3 Å². The van der Waals surface area contributed by atoms with E-state index in [0.29, 0.717) is 17.5 Å². The Morgan fingerprint density at radius 3 is 2.65 bits per heavy atom. The summed E-state index contributed by atoms with van der Waals surface area (Å²) in [6, 6.07) is 14.5. The lowest BCUT2D eigenvalue weighted by Crippen LogP contribution is -2.20. The van der Waals surface area contributed by atoms with Crippen molar-refractivity contribution in [3.05, 3.63) is 76.2 Å². The smallest absolute Gasteiger partial charge is 0.337 e. The van der Waals surface area contributed by atoms with E-state index in [1.165, 1.54) is 7.11 Å². The summed E-state index contributed by atoms with van der Waals surface area (Å²) in [5.74, 6) is 0.353. The van der Waals surface area contributed by atoms with E-state index in [1.807, 2.05) is 38.1 Å². The molecule has 3 rings (SSSR count). The molecular weight excluding hydrogens is 330 g/mol. The van der Waals surface area contributed by atoms with Gasteiger partial charge < -0.3 is 14.0 Å². The zero-order chi connectivity index (χ0) is 18.7. The van der Waals surface area contributed by atoms with Crippen molar-refractivity contribution in [2.45, 2.75) is 26.5 Å². The second-order valence-corrected chi connectivity index (χ2v) is 6.36. The molecule has 0 saturated carbocycles. The van der Waals surface area contributed by atoms with Gasteiger partial charge >= 0.3 is 5.97 Å². The van der Waals surface area contributed by atoms with Crippen molar-refractivity contribution >= 4 is 16.7 Å². The van der Waals surface area contributed by atoms with Crippen molar-refractivity contribution in [3.8, 4) is 5.75 Å². The van der Waals surface area contributed by atoms with Crippen LogP contribution < -0.4 is 10.3 Å². The van der Waals surface area contributed by atoms with Crippen LogP contribution in [0.4, 0.5) is 0 Å². The molecule has 0 unspecified atom stereocenters. The normalized spacial score (nSPS) is 10.9. The summed E-state index contributed by atoms with van der Waals surface area (Å²) in [5.41, 5.74) is 1.24. The number of carbonyl (C=O) groups is 1. The number of carbonyl (C=O) groups excluding carboxylic acids is 1. The minimum atomic E-state index is -0.393. The standard InChI is InChI=1S/C21H21NO4/c1-14(2)26-18-7-8-19-16(12-18)9-10-22(20(19)23)13-15-5-4-6-17(11-15)21(24)25-3/h4-12,14H,13H2,1-3H3. The Balaban J connectivity index is 1.93. The van der Waals surface area contributed by atoms with Crippen LogP contribution in [-0.4, -0.2) is 23.8 Å². The zero-order valence-corrected chi connectivity index (χ0v) is 15.1. The minimum absolute atomic E-state index is 0.0786. The Bertz CT molecular complexity index is 1000. The SMILES string of the molecule is COC(=O)c1cccc(Cn2ccc3cc(OC(C)C)ccc3c2=O)c1. The van der Waals surface area contributed by atoms with E-state index in [2.05, 4.69) is 0 Å². The summed E-state index contributed by atoms with van der Waals surface area (Å²) in [5, 5.41) is 1.47. The number of rotatable bonds is 5. The molecule has 1 heterocycles. The fourth-order valence-electron chi connectivity index (χ4n) is 2.85. The van der Waals surface area contributed by atoms with Crippen molar-refractivity contribution in [1.29, 1.82) is 0 Å². The van der Waals surface area contributed by atoms with Gasteiger partial charge in [0.2, 0.25) is 0 Å². The first-order chi connectivity index (χ1) is 12.5. The molecule has 0 amide bonds. The molecule has 0 aliphatic heterocycles. The monoisotopic (exact) mass is 351 g/mol. The van der Waals surface area contributed by atoms with Gasteiger partial charge in [-0.3, -0.25) is 4.79 Å². The summed E-state index contributed by atoms with van der Waals surface area (Å²) >= 11 is 0. The molecule has 0 bridgehead atoms. The molecule has 26 heavy (non-hydrogen) atoms. The van der Waals surface area contributed by atoms with E-state index >= 15 is 0 Å². The van der Waals surface area contributed by atoms with E-state index in [1.54, 1.807) is 35.0 Å². The number of hydrogen-bond acceptors (Lipinski definition) is 4. The number of hydrogen-bond donors (Lipinski definition) is 0. The number of methoxy groups -OCH3 is 1.